The first-order valence-corrected chi connectivity index (χ1v) is 8.07. The summed E-state index contributed by atoms with van der Waals surface area (Å²) in [4.78, 5) is 17.2. The number of rotatable bonds is 4. The average Bonchev–Trinajstić information content (AvgIpc) is 2.98. The molecule has 1 aromatic heterocycles. The van der Waals surface area contributed by atoms with Gasteiger partial charge < -0.3 is 4.74 Å². The maximum Gasteiger partial charge on any atom is 0.311 e. The van der Waals surface area contributed by atoms with Crippen LogP contribution in [0.15, 0.2) is 71.0 Å². The Morgan fingerprint density at radius 1 is 1.09 bits per heavy atom. The molecule has 116 valence electrons. The van der Waals surface area contributed by atoms with Crippen LogP contribution in [0.5, 0.6) is 0 Å². The Hall–Kier alpha value is -2.66. The molecule has 1 heterocycles. The molecular formula is C18H16N2O2S. The van der Waals surface area contributed by atoms with E-state index in [9.17, 15) is 4.79 Å². The third-order valence-corrected chi connectivity index (χ3v) is 4.20. The lowest BCUT2D eigenvalue weighted by Crippen LogP contribution is -2.17. The largest absolute Gasteiger partial charge is 0.469 e. The van der Waals surface area contributed by atoms with Gasteiger partial charge >= 0.3 is 5.97 Å². The van der Waals surface area contributed by atoms with E-state index >= 15 is 0 Å². The third-order valence-electron chi connectivity index (χ3n) is 3.33. The van der Waals surface area contributed by atoms with Crippen molar-refractivity contribution in [2.75, 3.05) is 7.11 Å². The molecule has 3 rings (SSSR count). The minimum Gasteiger partial charge on any atom is -0.469 e. The standard InChI is InChI=1S/C18H16N2O2S/c1-22-17(21)12-16-13-23-18(19-14-8-4-2-5-9-14)20(16)15-10-6-3-7-11-15/h2-11,13H,12H2,1H3. The quantitative estimate of drug-likeness (QED) is 0.690. The number of ether oxygens (including phenoxy) is 1. The predicted octanol–water partition coefficient (Wildman–Crippen LogP) is 3.49. The van der Waals surface area contributed by atoms with Gasteiger partial charge in [0.05, 0.1) is 19.2 Å². The number of carbonyl (C=O) groups is 1. The van der Waals surface area contributed by atoms with Gasteiger partial charge in [-0.3, -0.25) is 9.36 Å². The van der Waals surface area contributed by atoms with Crippen LogP contribution < -0.4 is 4.80 Å². The summed E-state index contributed by atoms with van der Waals surface area (Å²) in [5.74, 6) is -0.265. The van der Waals surface area contributed by atoms with Crippen LogP contribution in [0.1, 0.15) is 5.69 Å². The Balaban J connectivity index is 2.14. The Morgan fingerprint density at radius 2 is 1.74 bits per heavy atom. The number of para-hydroxylation sites is 2. The Kier molecular flexibility index (Phi) is 4.68. The Morgan fingerprint density at radius 3 is 2.39 bits per heavy atom. The van der Waals surface area contributed by atoms with Crippen molar-refractivity contribution < 1.29 is 9.53 Å². The fraction of sp³-hybridized carbons (Fsp3) is 0.111. The van der Waals surface area contributed by atoms with Crippen LogP contribution in [0, 0.1) is 0 Å². The van der Waals surface area contributed by atoms with Gasteiger partial charge in [0.25, 0.3) is 0 Å². The molecule has 0 bridgehead atoms. The lowest BCUT2D eigenvalue weighted by atomic mass is 10.3. The van der Waals surface area contributed by atoms with Crippen LogP contribution in [0.25, 0.3) is 5.69 Å². The highest BCUT2D eigenvalue weighted by atomic mass is 32.1. The molecule has 0 atom stereocenters. The summed E-state index contributed by atoms with van der Waals surface area (Å²) in [6, 6.07) is 19.7. The number of thiazole rings is 1. The fourth-order valence-corrected chi connectivity index (χ4v) is 3.15. The highest BCUT2D eigenvalue weighted by Gasteiger charge is 2.12. The first-order valence-electron chi connectivity index (χ1n) is 7.19. The van der Waals surface area contributed by atoms with Gasteiger partial charge in [-0.1, -0.05) is 36.4 Å². The summed E-state index contributed by atoms with van der Waals surface area (Å²) in [6.07, 6.45) is 0.214. The van der Waals surface area contributed by atoms with Crippen LogP contribution in [0.2, 0.25) is 0 Å². The second kappa shape index (κ2) is 7.07. The van der Waals surface area contributed by atoms with Crippen molar-refractivity contribution >= 4 is 23.0 Å². The van der Waals surface area contributed by atoms with Gasteiger partial charge in [-0.15, -0.1) is 11.3 Å². The van der Waals surface area contributed by atoms with Gasteiger partial charge in [0, 0.05) is 16.8 Å². The van der Waals surface area contributed by atoms with E-state index in [1.165, 1.54) is 18.4 Å². The van der Waals surface area contributed by atoms with Gasteiger partial charge in [0.1, 0.15) is 0 Å². The van der Waals surface area contributed by atoms with E-state index in [4.69, 9.17) is 9.73 Å². The maximum absolute atomic E-state index is 11.7. The SMILES string of the molecule is COC(=O)Cc1csc(=Nc2ccccc2)n1-c1ccccc1. The van der Waals surface area contributed by atoms with Gasteiger partial charge in [0.2, 0.25) is 0 Å². The summed E-state index contributed by atoms with van der Waals surface area (Å²) >= 11 is 1.51. The number of methoxy groups -OCH3 is 1. The zero-order valence-electron chi connectivity index (χ0n) is 12.7. The predicted molar refractivity (Wildman–Crippen MR) is 91.0 cm³/mol. The molecule has 0 amide bonds. The van der Waals surface area contributed by atoms with Crippen molar-refractivity contribution in [2.45, 2.75) is 6.42 Å². The minimum atomic E-state index is -0.265. The van der Waals surface area contributed by atoms with E-state index in [-0.39, 0.29) is 12.4 Å². The normalized spacial score (nSPS) is 11.4. The topological polar surface area (TPSA) is 43.6 Å². The zero-order valence-corrected chi connectivity index (χ0v) is 13.5. The first kappa shape index (κ1) is 15.2. The number of esters is 1. The molecule has 0 unspecified atom stereocenters. The molecule has 4 nitrogen and oxygen atoms in total. The third kappa shape index (κ3) is 3.57. The summed E-state index contributed by atoms with van der Waals surface area (Å²) in [7, 11) is 1.40. The van der Waals surface area contributed by atoms with E-state index in [1.54, 1.807) is 0 Å². The molecule has 0 saturated heterocycles. The fourth-order valence-electron chi connectivity index (χ4n) is 2.23. The monoisotopic (exact) mass is 324 g/mol. The molecule has 0 N–H and O–H groups in total. The van der Waals surface area contributed by atoms with E-state index in [1.807, 2.05) is 70.6 Å². The number of carbonyl (C=O) groups excluding carboxylic acids is 1. The van der Waals surface area contributed by atoms with E-state index in [0.29, 0.717) is 0 Å². The molecule has 0 radical (unpaired) electrons. The van der Waals surface area contributed by atoms with Crippen LogP contribution in [-0.2, 0) is 16.0 Å². The summed E-state index contributed by atoms with van der Waals surface area (Å²) in [6.45, 7) is 0. The lowest BCUT2D eigenvalue weighted by molar-refractivity contribution is -0.139. The van der Waals surface area contributed by atoms with Gasteiger partial charge in [-0.25, -0.2) is 4.99 Å². The zero-order chi connectivity index (χ0) is 16.1. The second-order valence-corrected chi connectivity index (χ2v) is 5.72. The number of hydrogen-bond acceptors (Lipinski definition) is 4. The Bertz CT molecular complexity index is 851. The van der Waals surface area contributed by atoms with Crippen molar-refractivity contribution in [2.24, 2.45) is 4.99 Å². The van der Waals surface area contributed by atoms with E-state index in [0.717, 1.165) is 21.9 Å². The molecule has 3 aromatic rings. The smallest absolute Gasteiger partial charge is 0.311 e. The number of benzene rings is 2. The summed E-state index contributed by atoms with van der Waals surface area (Å²) in [5, 5.41) is 1.95. The van der Waals surface area contributed by atoms with Crippen LogP contribution in [-0.4, -0.2) is 17.6 Å². The number of hydrogen-bond donors (Lipinski definition) is 0. The molecule has 23 heavy (non-hydrogen) atoms. The van der Waals surface area contributed by atoms with Crippen molar-refractivity contribution in [1.29, 1.82) is 0 Å². The van der Waals surface area contributed by atoms with Crippen molar-refractivity contribution in [3.8, 4) is 5.69 Å². The maximum atomic E-state index is 11.7. The van der Waals surface area contributed by atoms with Gasteiger partial charge in [-0.05, 0) is 24.3 Å². The molecule has 0 aliphatic heterocycles. The summed E-state index contributed by atoms with van der Waals surface area (Å²) in [5.41, 5.74) is 2.72. The van der Waals surface area contributed by atoms with Crippen molar-refractivity contribution in [3.63, 3.8) is 0 Å². The molecule has 0 saturated carbocycles. The molecule has 2 aromatic carbocycles. The lowest BCUT2D eigenvalue weighted by Gasteiger charge is -2.08. The van der Waals surface area contributed by atoms with Crippen molar-refractivity contribution in [3.05, 3.63) is 76.5 Å². The van der Waals surface area contributed by atoms with Crippen LogP contribution in [0.4, 0.5) is 5.69 Å². The Labute approximate surface area is 138 Å². The van der Waals surface area contributed by atoms with Gasteiger partial charge in [-0.2, -0.15) is 0 Å². The molecule has 5 heteroatoms. The van der Waals surface area contributed by atoms with Gasteiger partial charge in [0.15, 0.2) is 4.80 Å². The average molecular weight is 324 g/mol. The van der Waals surface area contributed by atoms with E-state index < -0.39 is 0 Å². The van der Waals surface area contributed by atoms with E-state index in [2.05, 4.69) is 0 Å². The first-order chi connectivity index (χ1) is 11.3. The molecular weight excluding hydrogens is 308 g/mol. The number of aromatic nitrogens is 1. The minimum absolute atomic E-state index is 0.214. The van der Waals surface area contributed by atoms with Crippen LogP contribution >= 0.6 is 11.3 Å². The molecule has 0 fully saturated rings. The molecule has 0 spiro atoms. The number of nitrogens with zero attached hydrogens (tertiary/aromatic N) is 2. The highest BCUT2D eigenvalue weighted by Crippen LogP contribution is 2.15. The highest BCUT2D eigenvalue weighted by molar-refractivity contribution is 7.07. The summed E-state index contributed by atoms with van der Waals surface area (Å²) < 4.78 is 6.79. The van der Waals surface area contributed by atoms with Crippen molar-refractivity contribution in [1.82, 2.24) is 4.57 Å². The molecule has 0 aliphatic carbocycles. The molecule has 0 aliphatic rings. The second-order valence-electron chi connectivity index (χ2n) is 4.88. The van der Waals surface area contributed by atoms with Crippen LogP contribution in [0.3, 0.4) is 0 Å².